The maximum Gasteiger partial charge on any atom is 0.389 e. The summed E-state index contributed by atoms with van der Waals surface area (Å²) in [7, 11) is 0. The second-order valence-corrected chi connectivity index (χ2v) is 3.22. The van der Waals surface area contributed by atoms with Crippen molar-refractivity contribution in [1.29, 1.82) is 0 Å². The van der Waals surface area contributed by atoms with Gasteiger partial charge in [0.15, 0.2) is 0 Å². The molecule has 0 aliphatic carbocycles. The van der Waals surface area contributed by atoms with Gasteiger partial charge >= 0.3 is 22.8 Å². The van der Waals surface area contributed by atoms with Crippen molar-refractivity contribution in [2.24, 2.45) is 0 Å². The van der Waals surface area contributed by atoms with E-state index in [4.69, 9.17) is 0 Å². The Morgan fingerprint density at radius 1 is 0.800 bits per heavy atom. The molecule has 0 unspecified atom stereocenters. The predicted octanol–water partition coefficient (Wildman–Crippen LogP) is 4.32. The lowest BCUT2D eigenvalue weighted by Gasteiger charge is -2.27. The second kappa shape index (κ2) is 3.87. The van der Waals surface area contributed by atoms with Crippen molar-refractivity contribution in [2.45, 2.75) is 16.7 Å². The first-order valence-corrected chi connectivity index (χ1v) is 3.68. The monoisotopic (exact) mass is 310 g/mol. The second-order valence-electron chi connectivity index (χ2n) is 2.22. The molecule has 0 nitrogen and oxygen atoms in total. The molecule has 0 fully saturated rings. The average Bonchev–Trinajstić information content (AvgIpc) is 2.00. The molecule has 0 atom stereocenters. The van der Waals surface area contributed by atoms with Gasteiger partial charge in [-0.05, 0) is 15.9 Å². The molecule has 0 aliphatic rings. The maximum atomic E-state index is 12.2. The molecule has 90 valence electrons. The highest BCUT2D eigenvalue weighted by molar-refractivity contribution is 9.10. The third-order valence-electron chi connectivity index (χ3n) is 1.19. The van der Waals surface area contributed by atoms with Crippen molar-refractivity contribution in [1.82, 2.24) is 0 Å². The molecule has 10 heteroatoms. The van der Waals surface area contributed by atoms with Gasteiger partial charge in [-0.2, -0.15) is 39.5 Å². The van der Waals surface area contributed by atoms with Crippen LogP contribution < -0.4 is 0 Å². The number of rotatable bonds is 3. The number of hydrogen-bond acceptors (Lipinski definition) is 0. The van der Waals surface area contributed by atoms with Crippen LogP contribution in [0.5, 0.6) is 0 Å². The van der Waals surface area contributed by atoms with Crippen molar-refractivity contribution in [3.05, 3.63) is 11.9 Å². The number of hydrogen-bond donors (Lipinski definition) is 0. The third kappa shape index (κ3) is 2.40. The highest BCUT2D eigenvalue weighted by Gasteiger charge is 2.73. The Balaban J connectivity index is 5.49. The molecule has 0 amide bonds. The van der Waals surface area contributed by atoms with Gasteiger partial charge in [-0.25, -0.2) is 0 Å². The first-order chi connectivity index (χ1) is 6.35. The van der Waals surface area contributed by atoms with Crippen LogP contribution in [-0.4, -0.2) is 16.7 Å². The molecular weight excluding hydrogens is 311 g/mol. The number of alkyl halides is 7. The summed E-state index contributed by atoms with van der Waals surface area (Å²) in [6.45, 7) is 0. The summed E-state index contributed by atoms with van der Waals surface area (Å²) < 4.78 is 107. The fraction of sp³-hybridized carbons (Fsp3) is 0.600. The normalized spacial score (nSPS) is 14.0. The molecule has 15 heavy (non-hydrogen) atoms. The Kier molecular flexibility index (Phi) is 3.77. The van der Waals surface area contributed by atoms with Gasteiger partial charge in [0, 0.05) is 0 Å². The van der Waals surface area contributed by atoms with Gasteiger partial charge < -0.3 is 0 Å². The summed E-state index contributed by atoms with van der Waals surface area (Å²) in [5.74, 6) is -16.5. The van der Waals surface area contributed by atoms with Gasteiger partial charge in [0.05, 0.1) is 0 Å². The molecule has 0 spiro atoms. The molecule has 0 radical (unpaired) electrons. The zero-order valence-electron chi connectivity index (χ0n) is 6.28. The van der Waals surface area contributed by atoms with Gasteiger partial charge in [0.2, 0.25) is 5.83 Å². The van der Waals surface area contributed by atoms with Gasteiger partial charge in [-0.15, -0.1) is 0 Å². The van der Waals surface area contributed by atoms with Crippen molar-refractivity contribution in [2.75, 3.05) is 0 Å². The Labute approximate surface area is 84.9 Å². The van der Waals surface area contributed by atoms with Crippen LogP contribution in [-0.2, 0) is 0 Å². The van der Waals surface area contributed by atoms with Crippen molar-refractivity contribution in [3.8, 4) is 0 Å². The first kappa shape index (κ1) is 14.6. The lowest BCUT2D eigenvalue weighted by atomic mass is 10.1. The molecule has 0 aromatic heterocycles. The summed E-state index contributed by atoms with van der Waals surface area (Å²) >= 11 is 0.856. The summed E-state index contributed by atoms with van der Waals surface area (Å²) in [6.07, 6.45) is -3.79. The summed E-state index contributed by atoms with van der Waals surface area (Å²) in [4.78, 5) is -5.53. The lowest BCUT2D eigenvalue weighted by molar-refractivity contribution is -0.264. The minimum Gasteiger partial charge on any atom is -0.199 e. The van der Waals surface area contributed by atoms with Crippen molar-refractivity contribution in [3.63, 3.8) is 0 Å². The first-order valence-electron chi connectivity index (χ1n) is 2.89. The van der Waals surface area contributed by atoms with E-state index < -0.39 is 28.6 Å². The van der Waals surface area contributed by atoms with E-state index in [9.17, 15) is 39.5 Å². The van der Waals surface area contributed by atoms with E-state index in [0.29, 0.717) is 0 Å². The summed E-state index contributed by atoms with van der Waals surface area (Å²) in [6, 6.07) is 0. The zero-order valence-corrected chi connectivity index (χ0v) is 7.87. The molecule has 0 saturated carbocycles. The van der Waals surface area contributed by atoms with Gasteiger partial charge in [-0.3, -0.25) is 0 Å². The Hall–Kier alpha value is -0.410. The van der Waals surface area contributed by atoms with E-state index in [1.807, 2.05) is 0 Å². The maximum absolute atomic E-state index is 12.2. The Morgan fingerprint density at radius 3 is 1.33 bits per heavy atom. The largest absolute Gasteiger partial charge is 0.389 e. The van der Waals surface area contributed by atoms with E-state index >= 15 is 0 Å². The predicted molar refractivity (Wildman–Crippen MR) is 34.1 cm³/mol. The molecule has 0 heterocycles. The quantitative estimate of drug-likeness (QED) is 0.538. The lowest BCUT2D eigenvalue weighted by Crippen LogP contribution is -2.51. The molecule has 0 aromatic carbocycles. The summed E-state index contributed by atoms with van der Waals surface area (Å²) in [5, 5.41) is 0. The minimum atomic E-state index is -6.33. The van der Waals surface area contributed by atoms with Crippen molar-refractivity contribution < 1.29 is 39.5 Å². The highest BCUT2D eigenvalue weighted by Crippen LogP contribution is 2.52. The van der Waals surface area contributed by atoms with Crippen LogP contribution in [0.4, 0.5) is 39.5 Å². The SMILES string of the molecule is FC(F)=C(F)C(F)(F)C(F)(F)C(F)(F)Br. The Bertz CT molecular complexity index is 271. The van der Waals surface area contributed by atoms with Crippen LogP contribution in [0.2, 0.25) is 0 Å². The van der Waals surface area contributed by atoms with Gasteiger partial charge in [0.1, 0.15) is 0 Å². The zero-order chi connectivity index (χ0) is 12.7. The molecule has 0 saturated heterocycles. The molecule has 0 rings (SSSR count). The van der Waals surface area contributed by atoms with E-state index in [1.165, 1.54) is 0 Å². The topological polar surface area (TPSA) is 0 Å². The molecule has 0 aromatic rings. The van der Waals surface area contributed by atoms with Crippen LogP contribution in [0.3, 0.4) is 0 Å². The Morgan fingerprint density at radius 2 is 1.13 bits per heavy atom. The molecule has 0 N–H and O–H groups in total. The van der Waals surface area contributed by atoms with Crippen LogP contribution in [0.25, 0.3) is 0 Å². The standard InChI is InChI=1S/C5BrF9/c6-5(14,15)4(12,13)3(10,11)1(7)2(8)9. The van der Waals surface area contributed by atoms with Crippen LogP contribution >= 0.6 is 15.9 Å². The summed E-state index contributed by atoms with van der Waals surface area (Å²) in [5.41, 5.74) is 0. The molecule has 0 bridgehead atoms. The fourth-order valence-electron chi connectivity index (χ4n) is 0.435. The van der Waals surface area contributed by atoms with Crippen LogP contribution in [0.1, 0.15) is 0 Å². The van der Waals surface area contributed by atoms with Gasteiger partial charge in [0.25, 0.3) is 0 Å². The van der Waals surface area contributed by atoms with Crippen LogP contribution in [0.15, 0.2) is 11.9 Å². The van der Waals surface area contributed by atoms with Crippen molar-refractivity contribution >= 4 is 15.9 Å². The van der Waals surface area contributed by atoms with Crippen LogP contribution in [0, 0.1) is 0 Å². The average molecular weight is 311 g/mol. The number of allylic oxidation sites excluding steroid dienone is 1. The molecule has 0 aliphatic heterocycles. The molecular formula is C5BrF9. The smallest absolute Gasteiger partial charge is 0.199 e. The third-order valence-corrected chi connectivity index (χ3v) is 1.69. The van der Waals surface area contributed by atoms with Gasteiger partial charge in [-0.1, -0.05) is 0 Å². The van der Waals surface area contributed by atoms with E-state index in [2.05, 4.69) is 0 Å². The number of halogens is 10. The highest BCUT2D eigenvalue weighted by atomic mass is 79.9. The minimum absolute atomic E-state index is 0.856. The van der Waals surface area contributed by atoms with E-state index in [1.54, 1.807) is 0 Å². The van der Waals surface area contributed by atoms with E-state index in [0.717, 1.165) is 15.9 Å². The van der Waals surface area contributed by atoms with E-state index in [-0.39, 0.29) is 0 Å². The fourth-order valence-corrected chi connectivity index (χ4v) is 0.684.